The Kier molecular flexibility index (Phi) is 7.49. The standard InChI is InChI=1S/C27H37ClN6O2S/c1-16(2)11-24-32-19-14-29-23(33-10-6-9-21(33)27(3,4)36)13-20(19)34(24)18-8-5-7-17(12-18)31-25(35)26-30-15-22(28)37-26/h13-18,21,36H,5-12H2,1-4H3,(H,31,35)/t17-,18+,21+/m0/s1. The first-order chi connectivity index (χ1) is 17.6. The predicted molar refractivity (Wildman–Crippen MR) is 149 cm³/mol. The molecule has 1 amide bonds. The van der Waals surface area contributed by atoms with Gasteiger partial charge in [0.15, 0.2) is 5.01 Å². The molecule has 5 rings (SSSR count). The second kappa shape index (κ2) is 10.5. The van der Waals surface area contributed by atoms with Crippen LogP contribution in [0.4, 0.5) is 5.82 Å². The number of pyridine rings is 1. The number of halogens is 1. The summed E-state index contributed by atoms with van der Waals surface area (Å²) in [6, 6.07) is 2.50. The van der Waals surface area contributed by atoms with E-state index in [2.05, 4.69) is 39.7 Å². The minimum atomic E-state index is -0.799. The van der Waals surface area contributed by atoms with E-state index in [4.69, 9.17) is 21.6 Å². The van der Waals surface area contributed by atoms with Crippen LogP contribution in [0.25, 0.3) is 11.0 Å². The highest BCUT2D eigenvalue weighted by Crippen LogP contribution is 2.36. The third kappa shape index (κ3) is 5.64. The van der Waals surface area contributed by atoms with Crippen LogP contribution >= 0.6 is 22.9 Å². The molecule has 0 unspecified atom stereocenters. The van der Waals surface area contributed by atoms with Gasteiger partial charge in [-0.3, -0.25) is 4.79 Å². The van der Waals surface area contributed by atoms with E-state index >= 15 is 0 Å². The van der Waals surface area contributed by atoms with E-state index in [0.717, 1.165) is 74.2 Å². The molecular formula is C27H37ClN6O2S. The highest BCUT2D eigenvalue weighted by molar-refractivity contribution is 7.17. The number of amides is 1. The molecule has 8 nitrogen and oxygen atoms in total. The Morgan fingerprint density at radius 3 is 2.76 bits per heavy atom. The summed E-state index contributed by atoms with van der Waals surface area (Å²) in [5.74, 6) is 2.29. The molecule has 3 atom stereocenters. The number of thiazole rings is 1. The van der Waals surface area contributed by atoms with Crippen molar-refractivity contribution in [3.8, 4) is 0 Å². The third-order valence-corrected chi connectivity index (χ3v) is 8.72. The molecule has 200 valence electrons. The Morgan fingerprint density at radius 1 is 1.24 bits per heavy atom. The molecule has 2 N–H and O–H groups in total. The number of hydrogen-bond acceptors (Lipinski definition) is 7. The predicted octanol–water partition coefficient (Wildman–Crippen LogP) is 5.39. The maximum absolute atomic E-state index is 12.8. The van der Waals surface area contributed by atoms with Crippen molar-refractivity contribution in [3.05, 3.63) is 33.6 Å². The van der Waals surface area contributed by atoms with Gasteiger partial charge in [-0.05, 0) is 58.3 Å². The Labute approximate surface area is 227 Å². The van der Waals surface area contributed by atoms with Gasteiger partial charge in [-0.1, -0.05) is 36.8 Å². The summed E-state index contributed by atoms with van der Waals surface area (Å²) in [7, 11) is 0. The van der Waals surface area contributed by atoms with Gasteiger partial charge in [0.25, 0.3) is 5.91 Å². The normalized spacial score (nSPS) is 22.8. The summed E-state index contributed by atoms with van der Waals surface area (Å²) < 4.78 is 2.93. The molecule has 0 aromatic carbocycles. The zero-order valence-electron chi connectivity index (χ0n) is 22.1. The van der Waals surface area contributed by atoms with Gasteiger partial charge in [0, 0.05) is 31.1 Å². The first-order valence-electron chi connectivity index (χ1n) is 13.4. The molecule has 0 bridgehead atoms. The fourth-order valence-electron chi connectivity index (χ4n) is 6.02. The largest absolute Gasteiger partial charge is 0.388 e. The van der Waals surface area contributed by atoms with Crippen LogP contribution in [0.3, 0.4) is 0 Å². The first-order valence-corrected chi connectivity index (χ1v) is 14.6. The number of carbonyl (C=O) groups is 1. The topological polar surface area (TPSA) is 96.2 Å². The second-order valence-electron chi connectivity index (χ2n) is 11.5. The van der Waals surface area contributed by atoms with Gasteiger partial charge >= 0.3 is 0 Å². The quantitative estimate of drug-likeness (QED) is 0.414. The van der Waals surface area contributed by atoms with Gasteiger partial charge in [-0.25, -0.2) is 15.0 Å². The Bertz CT molecular complexity index is 1270. The summed E-state index contributed by atoms with van der Waals surface area (Å²) in [6.07, 6.45) is 10.1. The van der Waals surface area contributed by atoms with Crippen molar-refractivity contribution in [3.63, 3.8) is 0 Å². The van der Waals surface area contributed by atoms with Crippen LogP contribution in [0.5, 0.6) is 0 Å². The van der Waals surface area contributed by atoms with Gasteiger partial charge in [-0.15, -0.1) is 0 Å². The first kappa shape index (κ1) is 26.4. The van der Waals surface area contributed by atoms with Gasteiger partial charge in [0.05, 0.1) is 29.6 Å². The number of rotatable bonds is 7. The lowest BCUT2D eigenvalue weighted by Gasteiger charge is -2.35. The van der Waals surface area contributed by atoms with E-state index in [-0.39, 0.29) is 24.0 Å². The fraction of sp³-hybridized carbons (Fsp3) is 0.630. The lowest BCUT2D eigenvalue weighted by molar-refractivity contribution is 0.0533. The van der Waals surface area contributed by atoms with E-state index in [1.807, 2.05) is 20.0 Å². The lowest BCUT2D eigenvalue weighted by Crippen LogP contribution is -2.46. The molecule has 2 aliphatic rings. The summed E-state index contributed by atoms with van der Waals surface area (Å²) in [6.45, 7) is 9.09. The van der Waals surface area contributed by atoms with Crippen molar-refractivity contribution < 1.29 is 9.90 Å². The van der Waals surface area contributed by atoms with Crippen molar-refractivity contribution in [2.75, 3.05) is 11.4 Å². The average Bonchev–Trinajstić information content (AvgIpc) is 3.56. The summed E-state index contributed by atoms with van der Waals surface area (Å²) in [5.41, 5.74) is 1.19. The number of nitrogens with one attached hydrogen (secondary N) is 1. The Morgan fingerprint density at radius 2 is 2.05 bits per heavy atom. The van der Waals surface area contributed by atoms with Crippen LogP contribution in [-0.2, 0) is 6.42 Å². The van der Waals surface area contributed by atoms with Crippen LogP contribution < -0.4 is 10.2 Å². The molecule has 4 heterocycles. The number of carbonyl (C=O) groups excluding carboxylic acids is 1. The Balaban J connectivity index is 1.46. The van der Waals surface area contributed by atoms with Crippen molar-refractivity contribution in [2.45, 2.75) is 96.4 Å². The SMILES string of the molecule is CC(C)Cc1nc2cnc(N3CCC[C@@H]3C(C)(C)O)cc2n1[C@@H]1CCC[C@H](NC(=O)c2ncc(Cl)s2)C1. The van der Waals surface area contributed by atoms with Crippen molar-refractivity contribution >= 4 is 45.7 Å². The molecule has 1 aliphatic heterocycles. The number of hydrogen-bond donors (Lipinski definition) is 2. The smallest absolute Gasteiger partial charge is 0.280 e. The molecule has 1 aliphatic carbocycles. The molecule has 0 spiro atoms. The van der Waals surface area contributed by atoms with Crippen LogP contribution in [-0.4, -0.2) is 54.8 Å². The molecule has 1 saturated heterocycles. The fourth-order valence-corrected chi connectivity index (χ4v) is 6.84. The van der Waals surface area contributed by atoms with Crippen LogP contribution in [0.15, 0.2) is 18.5 Å². The van der Waals surface area contributed by atoms with E-state index < -0.39 is 5.60 Å². The van der Waals surface area contributed by atoms with Crippen molar-refractivity contribution in [2.24, 2.45) is 5.92 Å². The molecule has 10 heteroatoms. The number of nitrogens with zero attached hydrogens (tertiary/aromatic N) is 5. The lowest BCUT2D eigenvalue weighted by atomic mass is 9.90. The van der Waals surface area contributed by atoms with Crippen LogP contribution in [0.1, 0.15) is 87.9 Å². The minimum absolute atomic E-state index is 0.0394. The third-order valence-electron chi connectivity index (χ3n) is 7.61. The second-order valence-corrected chi connectivity index (χ2v) is 13.2. The molecular weight excluding hydrogens is 508 g/mol. The van der Waals surface area contributed by atoms with E-state index in [0.29, 0.717) is 15.3 Å². The van der Waals surface area contributed by atoms with Gasteiger partial charge in [0.2, 0.25) is 0 Å². The maximum Gasteiger partial charge on any atom is 0.280 e. The number of fused-ring (bicyclic) bond motifs is 1. The van der Waals surface area contributed by atoms with Crippen molar-refractivity contribution in [1.29, 1.82) is 0 Å². The highest BCUT2D eigenvalue weighted by Gasteiger charge is 2.37. The average molecular weight is 545 g/mol. The molecule has 37 heavy (non-hydrogen) atoms. The van der Waals surface area contributed by atoms with Crippen LogP contribution in [0.2, 0.25) is 4.34 Å². The zero-order valence-corrected chi connectivity index (χ0v) is 23.6. The maximum atomic E-state index is 12.8. The van der Waals surface area contributed by atoms with E-state index in [1.54, 1.807) is 0 Å². The monoisotopic (exact) mass is 544 g/mol. The number of aliphatic hydroxyl groups is 1. The number of aromatic nitrogens is 4. The van der Waals surface area contributed by atoms with Crippen LogP contribution in [0, 0.1) is 5.92 Å². The Hall–Kier alpha value is -2.23. The number of anilines is 1. The summed E-state index contributed by atoms with van der Waals surface area (Å²) in [5, 5.41) is 14.4. The van der Waals surface area contributed by atoms with Gasteiger partial charge < -0.3 is 19.9 Å². The summed E-state index contributed by atoms with van der Waals surface area (Å²) >= 11 is 7.20. The molecule has 3 aromatic rings. The van der Waals surface area contributed by atoms with Gasteiger partial charge in [-0.2, -0.15) is 0 Å². The molecule has 2 fully saturated rings. The molecule has 0 radical (unpaired) electrons. The molecule has 3 aromatic heterocycles. The van der Waals surface area contributed by atoms with Crippen molar-refractivity contribution in [1.82, 2.24) is 24.8 Å². The molecule has 1 saturated carbocycles. The number of imidazole rings is 1. The van der Waals surface area contributed by atoms with Gasteiger partial charge in [0.1, 0.15) is 21.5 Å². The zero-order chi connectivity index (χ0) is 26.3. The highest BCUT2D eigenvalue weighted by atomic mass is 35.5. The van der Waals surface area contributed by atoms with E-state index in [1.165, 1.54) is 17.5 Å². The van der Waals surface area contributed by atoms with E-state index in [9.17, 15) is 9.90 Å². The minimum Gasteiger partial charge on any atom is -0.388 e. The summed E-state index contributed by atoms with van der Waals surface area (Å²) in [4.78, 5) is 29.0.